The Morgan fingerprint density at radius 3 is 2.42 bits per heavy atom. The number of ether oxygens (including phenoxy) is 1. The highest BCUT2D eigenvalue weighted by atomic mass is 79.9. The largest absolute Gasteiger partial charge is 0.461 e. The molecule has 2 aromatic carbocycles. The maximum atomic E-state index is 13.3. The van der Waals surface area contributed by atoms with E-state index in [9.17, 15) is 35.8 Å². The number of nitrogens with zero attached hydrogens (tertiary/aromatic N) is 1. The topological polar surface area (TPSA) is 32.7 Å². The number of rotatable bonds is 6. The maximum absolute atomic E-state index is 13.3. The van der Waals surface area contributed by atoms with Crippen LogP contribution in [0.4, 0.5) is 36.4 Å². The molecule has 0 aliphatic carbocycles. The number of alkyl halides is 7. The lowest BCUT2D eigenvalue weighted by molar-refractivity contribution is -0.253. The third-order valence-electron chi connectivity index (χ3n) is 4.95. The van der Waals surface area contributed by atoms with Gasteiger partial charge in [-0.05, 0) is 48.2 Å². The Morgan fingerprint density at radius 2 is 1.77 bits per heavy atom. The van der Waals surface area contributed by atoms with Crippen molar-refractivity contribution in [3.05, 3.63) is 58.1 Å². The minimum atomic E-state index is -4.86. The molecule has 2 atom stereocenters. The first kappa shape index (κ1) is 23.6. The molecule has 2 aromatic rings. The molecule has 1 aliphatic rings. The van der Waals surface area contributed by atoms with Crippen LogP contribution in [0.15, 0.2) is 46.9 Å². The minimum Gasteiger partial charge on any atom is -0.428 e. The lowest BCUT2D eigenvalue weighted by atomic mass is 9.90. The van der Waals surface area contributed by atoms with E-state index in [0.29, 0.717) is 28.6 Å². The fourth-order valence-corrected chi connectivity index (χ4v) is 4.07. The number of halogens is 8. The molecule has 2 unspecified atom stereocenters. The van der Waals surface area contributed by atoms with Crippen LogP contribution in [-0.4, -0.2) is 36.5 Å². The maximum Gasteiger partial charge on any atom is 0.461 e. The summed E-state index contributed by atoms with van der Waals surface area (Å²) in [4.78, 5) is 1.34. The second kappa shape index (κ2) is 8.85. The molecular formula is C20H17BrF7NO2. The third-order valence-corrected chi connectivity index (χ3v) is 5.69. The summed E-state index contributed by atoms with van der Waals surface area (Å²) < 4.78 is 95.4. The van der Waals surface area contributed by atoms with Crippen molar-refractivity contribution in [3.63, 3.8) is 0 Å². The van der Waals surface area contributed by atoms with Gasteiger partial charge in [-0.3, -0.25) is 0 Å². The first-order chi connectivity index (χ1) is 14.4. The Labute approximate surface area is 181 Å². The molecule has 31 heavy (non-hydrogen) atoms. The highest BCUT2D eigenvalue weighted by Gasteiger charge is 2.44. The monoisotopic (exact) mass is 515 g/mol. The van der Waals surface area contributed by atoms with Gasteiger partial charge in [0.1, 0.15) is 5.75 Å². The number of benzene rings is 2. The van der Waals surface area contributed by atoms with Crippen molar-refractivity contribution >= 4 is 21.6 Å². The van der Waals surface area contributed by atoms with Gasteiger partial charge in [0, 0.05) is 10.2 Å². The number of aliphatic hydroxyl groups excluding tert-OH is 1. The molecule has 0 radical (unpaired) electrons. The summed E-state index contributed by atoms with van der Waals surface area (Å²) >= 11 is 3.36. The second-order valence-electron chi connectivity index (χ2n) is 7.04. The highest BCUT2D eigenvalue weighted by molar-refractivity contribution is 9.10. The van der Waals surface area contributed by atoms with Gasteiger partial charge in [0.15, 0.2) is 6.10 Å². The fourth-order valence-electron chi connectivity index (χ4n) is 3.52. The first-order valence-corrected chi connectivity index (χ1v) is 9.93. The first-order valence-electron chi connectivity index (χ1n) is 9.14. The molecule has 0 aromatic heterocycles. The van der Waals surface area contributed by atoms with E-state index in [-0.39, 0.29) is 0 Å². The van der Waals surface area contributed by atoms with Crippen molar-refractivity contribution in [1.82, 2.24) is 0 Å². The summed E-state index contributed by atoms with van der Waals surface area (Å²) in [5, 5.41) is 9.68. The quantitative estimate of drug-likeness (QED) is 0.471. The van der Waals surface area contributed by atoms with Crippen molar-refractivity contribution in [2.75, 3.05) is 11.4 Å². The van der Waals surface area contributed by atoms with E-state index in [1.807, 2.05) is 0 Å². The molecule has 0 saturated carbocycles. The number of aliphatic hydroxyl groups is 1. The predicted molar refractivity (Wildman–Crippen MR) is 103 cm³/mol. The summed E-state index contributed by atoms with van der Waals surface area (Å²) in [6, 6.07) is 9.15. The molecule has 0 spiro atoms. The Hall–Kier alpha value is -2.01. The molecule has 1 aliphatic heterocycles. The molecule has 170 valence electrons. The van der Waals surface area contributed by atoms with E-state index in [4.69, 9.17) is 0 Å². The van der Waals surface area contributed by atoms with Crippen molar-refractivity contribution in [2.45, 2.75) is 43.7 Å². The average molecular weight is 516 g/mol. The third kappa shape index (κ3) is 5.25. The Kier molecular flexibility index (Phi) is 6.75. The molecule has 11 heteroatoms. The molecule has 0 amide bonds. The van der Waals surface area contributed by atoms with Crippen LogP contribution in [-0.2, 0) is 6.42 Å². The normalized spacial score (nSPS) is 18.1. The van der Waals surface area contributed by atoms with Gasteiger partial charge in [0.2, 0.25) is 0 Å². The van der Waals surface area contributed by atoms with E-state index >= 15 is 0 Å². The highest BCUT2D eigenvalue weighted by Crippen LogP contribution is 2.43. The van der Waals surface area contributed by atoms with E-state index < -0.39 is 43.2 Å². The van der Waals surface area contributed by atoms with Crippen LogP contribution in [0.3, 0.4) is 0 Å². The van der Waals surface area contributed by atoms with Gasteiger partial charge in [-0.15, -0.1) is 0 Å². The Balaban J connectivity index is 1.98. The lowest BCUT2D eigenvalue weighted by Crippen LogP contribution is -2.44. The number of anilines is 1. The second-order valence-corrected chi connectivity index (χ2v) is 7.89. The number of β-amino-alcohol motifs (C(OH)–C–C–N with tert-alkyl or cyclic N) is 1. The standard InChI is InChI=1S/C20H17BrF7NO2/c21-14-5-2-6-16-13(14)7-8-15(29(16)10-17(30)19(24,25)26)11-3-1-4-12(9-11)31-20(27,28)18(22)23/h1-6,9,15,17-18,30H,7-8,10H2. The van der Waals surface area contributed by atoms with Crippen LogP contribution in [0.25, 0.3) is 0 Å². The summed E-state index contributed by atoms with van der Waals surface area (Å²) in [6.07, 6.45) is -15.5. The van der Waals surface area contributed by atoms with E-state index in [1.165, 1.54) is 17.0 Å². The average Bonchev–Trinajstić information content (AvgIpc) is 2.67. The van der Waals surface area contributed by atoms with Crippen LogP contribution >= 0.6 is 15.9 Å². The van der Waals surface area contributed by atoms with E-state index in [1.54, 1.807) is 18.2 Å². The zero-order chi connectivity index (χ0) is 23.0. The van der Waals surface area contributed by atoms with Crippen LogP contribution in [0.2, 0.25) is 0 Å². The summed E-state index contributed by atoms with van der Waals surface area (Å²) in [5.74, 6) is -0.542. The van der Waals surface area contributed by atoms with Crippen molar-refractivity contribution in [2.24, 2.45) is 0 Å². The molecule has 1 heterocycles. The summed E-state index contributed by atoms with van der Waals surface area (Å²) in [5.41, 5.74) is 1.48. The Morgan fingerprint density at radius 1 is 1.10 bits per heavy atom. The van der Waals surface area contributed by atoms with Gasteiger partial charge < -0.3 is 14.7 Å². The van der Waals surface area contributed by atoms with Crippen molar-refractivity contribution in [3.8, 4) is 5.75 Å². The SMILES string of the molecule is OC(CN1c2cccc(Br)c2CCC1c1cccc(OC(F)(F)C(F)F)c1)C(F)(F)F. The molecule has 0 fully saturated rings. The van der Waals surface area contributed by atoms with Crippen molar-refractivity contribution in [1.29, 1.82) is 0 Å². The Bertz CT molecular complexity index is 923. The molecule has 1 N–H and O–H groups in total. The zero-order valence-electron chi connectivity index (χ0n) is 15.7. The van der Waals surface area contributed by atoms with Gasteiger partial charge in [-0.2, -0.15) is 30.7 Å². The number of fused-ring (bicyclic) bond motifs is 1. The summed E-state index contributed by atoms with van der Waals surface area (Å²) in [7, 11) is 0. The van der Waals surface area contributed by atoms with Gasteiger partial charge in [0.05, 0.1) is 12.6 Å². The van der Waals surface area contributed by atoms with Crippen molar-refractivity contribution < 1.29 is 40.6 Å². The molecule has 0 bridgehead atoms. The van der Waals surface area contributed by atoms with Crippen LogP contribution in [0.1, 0.15) is 23.6 Å². The molecular weight excluding hydrogens is 499 g/mol. The van der Waals surface area contributed by atoms with Crippen LogP contribution in [0, 0.1) is 0 Å². The van der Waals surface area contributed by atoms with Gasteiger partial charge >= 0.3 is 18.7 Å². The smallest absolute Gasteiger partial charge is 0.428 e. The number of hydrogen-bond donors (Lipinski definition) is 1. The van der Waals surface area contributed by atoms with Gasteiger partial charge in [0.25, 0.3) is 0 Å². The molecule has 0 saturated heterocycles. The van der Waals surface area contributed by atoms with Gasteiger partial charge in [-0.1, -0.05) is 34.1 Å². The fraction of sp³-hybridized carbons (Fsp3) is 0.400. The predicted octanol–water partition coefficient (Wildman–Crippen LogP) is 6.10. The lowest BCUT2D eigenvalue weighted by Gasteiger charge is -2.41. The van der Waals surface area contributed by atoms with E-state index in [0.717, 1.165) is 17.7 Å². The number of hydrogen-bond acceptors (Lipinski definition) is 3. The molecule has 3 nitrogen and oxygen atoms in total. The van der Waals surface area contributed by atoms with E-state index in [2.05, 4.69) is 20.7 Å². The minimum absolute atomic E-state index is 0.294. The van der Waals surface area contributed by atoms with Gasteiger partial charge in [-0.25, -0.2) is 0 Å². The zero-order valence-corrected chi connectivity index (χ0v) is 17.3. The summed E-state index contributed by atoms with van der Waals surface area (Å²) in [6.45, 7) is -0.796. The van der Waals surface area contributed by atoms with Crippen LogP contribution < -0.4 is 9.64 Å². The molecule has 3 rings (SSSR count). The van der Waals surface area contributed by atoms with Crippen LogP contribution in [0.5, 0.6) is 5.75 Å².